The van der Waals surface area contributed by atoms with Crippen LogP contribution in [0.1, 0.15) is 12.5 Å². The molecule has 0 saturated heterocycles. The second-order valence-corrected chi connectivity index (χ2v) is 5.36. The van der Waals surface area contributed by atoms with Crippen LogP contribution < -0.4 is 10.6 Å². The highest BCUT2D eigenvalue weighted by atomic mass is 79.9. The second-order valence-electron chi connectivity index (χ2n) is 3.79. The lowest BCUT2D eigenvalue weighted by Crippen LogP contribution is -2.38. The van der Waals surface area contributed by atoms with Crippen LogP contribution >= 0.6 is 27.5 Å². The lowest BCUT2D eigenvalue weighted by Gasteiger charge is -2.11. The van der Waals surface area contributed by atoms with Crippen LogP contribution in [0.15, 0.2) is 22.7 Å². The Morgan fingerprint density at radius 1 is 1.30 bits per heavy atom. The van der Waals surface area contributed by atoms with Gasteiger partial charge >= 0.3 is 12.2 Å². The summed E-state index contributed by atoms with van der Waals surface area (Å²) < 4.78 is 37.9. The van der Waals surface area contributed by atoms with E-state index in [4.69, 9.17) is 11.6 Å². The number of hydrogen-bond donors (Lipinski definition) is 2. The Kier molecular flexibility index (Phi) is 5.41. The Hall–Kier alpha value is -1.28. The molecule has 0 bridgehead atoms. The van der Waals surface area contributed by atoms with Gasteiger partial charge < -0.3 is 5.32 Å². The quantitative estimate of drug-likeness (QED) is 0.776. The Bertz CT molecular complexity index is 535. The average Bonchev–Trinajstić information content (AvgIpc) is 2.26. The fourth-order valence-corrected chi connectivity index (χ4v) is 1.75. The van der Waals surface area contributed by atoms with Gasteiger partial charge in [0.2, 0.25) is 5.91 Å². The number of halogens is 5. The van der Waals surface area contributed by atoms with Crippen molar-refractivity contribution in [1.82, 2.24) is 5.32 Å². The molecule has 20 heavy (non-hydrogen) atoms. The first kappa shape index (κ1) is 16.8. The van der Waals surface area contributed by atoms with Crippen LogP contribution in [0.5, 0.6) is 0 Å². The summed E-state index contributed by atoms with van der Waals surface area (Å²) in [4.78, 5) is 22.5. The Balaban J connectivity index is 2.85. The van der Waals surface area contributed by atoms with Gasteiger partial charge in [0.1, 0.15) is 5.38 Å². The molecule has 0 saturated carbocycles. The van der Waals surface area contributed by atoms with Crippen molar-refractivity contribution in [3.05, 3.63) is 28.2 Å². The zero-order chi connectivity index (χ0) is 15.5. The summed E-state index contributed by atoms with van der Waals surface area (Å²) in [5.41, 5.74) is -1.04. The molecule has 0 aliphatic carbocycles. The number of benzene rings is 1. The summed E-state index contributed by atoms with van der Waals surface area (Å²) in [6.07, 6.45) is -4.54. The maximum Gasteiger partial charge on any atom is 0.416 e. The minimum Gasteiger partial charge on any atom is -0.308 e. The van der Waals surface area contributed by atoms with E-state index in [-0.39, 0.29) is 10.2 Å². The Morgan fingerprint density at radius 2 is 1.90 bits per heavy atom. The van der Waals surface area contributed by atoms with Crippen LogP contribution in [0.25, 0.3) is 0 Å². The lowest BCUT2D eigenvalue weighted by atomic mass is 10.2. The van der Waals surface area contributed by atoms with Gasteiger partial charge in [-0.3, -0.25) is 10.1 Å². The number of imide groups is 1. The van der Waals surface area contributed by atoms with Crippen LogP contribution in [0.4, 0.5) is 23.7 Å². The molecule has 0 aliphatic rings. The van der Waals surface area contributed by atoms with Crippen molar-refractivity contribution in [2.75, 3.05) is 5.32 Å². The summed E-state index contributed by atoms with van der Waals surface area (Å²) in [5.74, 6) is -0.754. The van der Waals surface area contributed by atoms with Gasteiger partial charge in [0.05, 0.1) is 5.56 Å². The molecule has 1 aromatic rings. The Morgan fingerprint density at radius 3 is 2.40 bits per heavy atom. The van der Waals surface area contributed by atoms with Gasteiger partial charge in [-0.15, -0.1) is 11.6 Å². The molecule has 1 rings (SSSR count). The third kappa shape index (κ3) is 5.01. The van der Waals surface area contributed by atoms with Gasteiger partial charge in [-0.25, -0.2) is 4.79 Å². The summed E-state index contributed by atoms with van der Waals surface area (Å²) >= 11 is 8.35. The van der Waals surface area contributed by atoms with Crippen LogP contribution in [-0.4, -0.2) is 17.3 Å². The maximum atomic E-state index is 12.6. The number of carbonyl (C=O) groups is 2. The fourth-order valence-electron chi connectivity index (χ4n) is 1.20. The first-order valence-electron chi connectivity index (χ1n) is 5.23. The summed E-state index contributed by atoms with van der Waals surface area (Å²) in [6, 6.07) is 1.92. The van der Waals surface area contributed by atoms with E-state index in [1.54, 1.807) is 0 Å². The molecule has 0 aliphatic heterocycles. The van der Waals surface area contributed by atoms with E-state index in [0.717, 1.165) is 12.1 Å². The van der Waals surface area contributed by atoms with Crippen molar-refractivity contribution in [1.29, 1.82) is 0 Å². The van der Waals surface area contributed by atoms with Gasteiger partial charge in [0.25, 0.3) is 0 Å². The van der Waals surface area contributed by atoms with E-state index in [0.29, 0.717) is 0 Å². The van der Waals surface area contributed by atoms with Gasteiger partial charge in [-0.05, 0) is 25.1 Å². The predicted molar refractivity (Wildman–Crippen MR) is 71.6 cm³/mol. The highest BCUT2D eigenvalue weighted by molar-refractivity contribution is 9.10. The molecule has 0 spiro atoms. The highest BCUT2D eigenvalue weighted by Gasteiger charge is 2.31. The smallest absolute Gasteiger partial charge is 0.308 e. The molecular weight excluding hydrogens is 364 g/mol. The van der Waals surface area contributed by atoms with E-state index < -0.39 is 29.1 Å². The number of amides is 3. The van der Waals surface area contributed by atoms with Crippen LogP contribution in [0, 0.1) is 0 Å². The van der Waals surface area contributed by atoms with Gasteiger partial charge in [-0.2, -0.15) is 13.2 Å². The average molecular weight is 374 g/mol. The molecule has 1 aromatic carbocycles. The molecule has 2 N–H and O–H groups in total. The van der Waals surface area contributed by atoms with Crippen molar-refractivity contribution in [2.45, 2.75) is 18.5 Å². The van der Waals surface area contributed by atoms with Crippen LogP contribution in [0.2, 0.25) is 0 Å². The number of anilines is 1. The van der Waals surface area contributed by atoms with Crippen molar-refractivity contribution < 1.29 is 22.8 Å². The standard InChI is InChI=1S/C11H9BrClF3N2O2/c1-5(13)9(19)18-10(20)17-8-3-6(11(14,15)16)2-7(12)4-8/h2-5H,1H3,(H2,17,18,19,20). The summed E-state index contributed by atoms with van der Waals surface area (Å²) in [6.45, 7) is 1.35. The molecule has 0 heterocycles. The minimum atomic E-state index is -4.54. The SMILES string of the molecule is CC(Cl)C(=O)NC(=O)Nc1cc(Br)cc(C(F)(F)F)c1. The van der Waals surface area contributed by atoms with Crippen molar-refractivity contribution in [3.63, 3.8) is 0 Å². The molecular formula is C11H9BrClF3N2O2. The molecule has 0 aromatic heterocycles. The van der Waals surface area contributed by atoms with Crippen LogP contribution in [0.3, 0.4) is 0 Å². The summed E-state index contributed by atoms with van der Waals surface area (Å²) in [5, 5.41) is 3.07. The first-order valence-corrected chi connectivity index (χ1v) is 6.46. The first-order chi connectivity index (χ1) is 9.09. The summed E-state index contributed by atoms with van der Waals surface area (Å²) in [7, 11) is 0. The molecule has 4 nitrogen and oxygen atoms in total. The number of urea groups is 1. The maximum absolute atomic E-state index is 12.6. The fraction of sp³-hybridized carbons (Fsp3) is 0.273. The largest absolute Gasteiger partial charge is 0.416 e. The molecule has 1 unspecified atom stereocenters. The van der Waals surface area contributed by atoms with Gasteiger partial charge in [0.15, 0.2) is 0 Å². The third-order valence-corrected chi connectivity index (χ3v) is 2.74. The number of hydrogen-bond acceptors (Lipinski definition) is 2. The molecule has 1 atom stereocenters. The van der Waals surface area contributed by atoms with Crippen LogP contribution in [-0.2, 0) is 11.0 Å². The second kappa shape index (κ2) is 6.45. The van der Waals surface area contributed by atoms with Crippen molar-refractivity contribution in [3.8, 4) is 0 Å². The Labute approximate surface area is 125 Å². The van der Waals surface area contributed by atoms with E-state index in [1.165, 1.54) is 13.0 Å². The van der Waals surface area contributed by atoms with Gasteiger partial charge in [0, 0.05) is 10.2 Å². The number of carbonyl (C=O) groups excluding carboxylic acids is 2. The lowest BCUT2D eigenvalue weighted by molar-refractivity contribution is -0.137. The van der Waals surface area contributed by atoms with E-state index >= 15 is 0 Å². The number of alkyl halides is 4. The van der Waals surface area contributed by atoms with Crippen molar-refractivity contribution >= 4 is 45.2 Å². The number of nitrogens with one attached hydrogen (secondary N) is 2. The normalized spacial score (nSPS) is 12.7. The van der Waals surface area contributed by atoms with E-state index in [1.807, 2.05) is 5.32 Å². The van der Waals surface area contributed by atoms with E-state index in [9.17, 15) is 22.8 Å². The molecule has 3 amide bonds. The monoisotopic (exact) mass is 372 g/mol. The predicted octanol–water partition coefficient (Wildman–Crippen LogP) is 3.74. The highest BCUT2D eigenvalue weighted by Crippen LogP contribution is 2.33. The third-order valence-electron chi connectivity index (χ3n) is 2.08. The zero-order valence-electron chi connectivity index (χ0n) is 10.0. The molecule has 0 fully saturated rings. The zero-order valence-corrected chi connectivity index (χ0v) is 12.4. The molecule has 0 radical (unpaired) electrons. The van der Waals surface area contributed by atoms with Gasteiger partial charge in [-0.1, -0.05) is 15.9 Å². The van der Waals surface area contributed by atoms with Crippen molar-refractivity contribution in [2.24, 2.45) is 0 Å². The molecule has 9 heteroatoms. The molecule has 110 valence electrons. The van der Waals surface area contributed by atoms with E-state index in [2.05, 4.69) is 21.2 Å². The number of rotatable bonds is 2. The minimum absolute atomic E-state index is 0.112. The topological polar surface area (TPSA) is 58.2 Å².